The fraction of sp³-hybridized carbons (Fsp3) is 0.310. The molecule has 0 aromatic heterocycles. The van der Waals surface area contributed by atoms with Gasteiger partial charge in [0.25, 0.3) is 0 Å². The van der Waals surface area contributed by atoms with Crippen LogP contribution in [0.5, 0.6) is 5.75 Å². The van der Waals surface area contributed by atoms with Gasteiger partial charge in [0.2, 0.25) is 0 Å². The Morgan fingerprint density at radius 1 is 0.970 bits per heavy atom. The van der Waals surface area contributed by atoms with Crippen molar-refractivity contribution in [3.05, 3.63) is 108 Å². The highest BCUT2D eigenvalue weighted by atomic mass is 16.6. The zero-order valence-corrected chi connectivity index (χ0v) is 19.7. The number of hydrogen-bond acceptors (Lipinski definition) is 4. The molecule has 0 fully saturated rings. The summed E-state index contributed by atoms with van der Waals surface area (Å²) in [6.45, 7) is 11.7. The van der Waals surface area contributed by atoms with E-state index >= 15 is 0 Å². The van der Waals surface area contributed by atoms with Crippen LogP contribution in [0.15, 0.2) is 85.5 Å². The quantitative estimate of drug-likeness (QED) is 0.378. The number of fused-ring (bicyclic) bond motifs is 1. The molecule has 3 aromatic rings. The van der Waals surface area contributed by atoms with E-state index in [2.05, 4.69) is 67.4 Å². The summed E-state index contributed by atoms with van der Waals surface area (Å²) in [6.07, 6.45) is 1.21. The van der Waals surface area contributed by atoms with Crippen molar-refractivity contribution in [1.82, 2.24) is 0 Å². The molecule has 0 bridgehead atoms. The van der Waals surface area contributed by atoms with Crippen molar-refractivity contribution in [2.45, 2.75) is 51.7 Å². The van der Waals surface area contributed by atoms with Gasteiger partial charge in [0.05, 0.1) is 13.2 Å². The summed E-state index contributed by atoms with van der Waals surface area (Å²) in [4.78, 5) is 0. The lowest BCUT2D eigenvalue weighted by Gasteiger charge is -2.44. The predicted octanol–water partition coefficient (Wildman–Crippen LogP) is 6.61. The SMILES string of the molecule is C=CCOC1C(OCc2ccccc2)c2cc(NCc3ccc(C)cc3)ccc2OC1(C)C. The molecule has 3 aromatic carbocycles. The molecule has 0 aliphatic carbocycles. The van der Waals surface area contributed by atoms with E-state index in [4.69, 9.17) is 14.2 Å². The van der Waals surface area contributed by atoms with Gasteiger partial charge in [0.1, 0.15) is 23.6 Å². The van der Waals surface area contributed by atoms with Crippen LogP contribution in [0.3, 0.4) is 0 Å². The van der Waals surface area contributed by atoms with Crippen LogP contribution in [0.1, 0.15) is 42.2 Å². The number of hydrogen-bond donors (Lipinski definition) is 1. The van der Waals surface area contributed by atoms with Crippen LogP contribution in [0.4, 0.5) is 5.69 Å². The van der Waals surface area contributed by atoms with Gasteiger partial charge in [0, 0.05) is 17.8 Å². The topological polar surface area (TPSA) is 39.7 Å². The van der Waals surface area contributed by atoms with Gasteiger partial charge < -0.3 is 19.5 Å². The second kappa shape index (κ2) is 10.2. The van der Waals surface area contributed by atoms with Crippen molar-refractivity contribution < 1.29 is 14.2 Å². The number of nitrogens with one attached hydrogen (secondary N) is 1. The molecule has 2 atom stereocenters. The minimum Gasteiger partial charge on any atom is -0.485 e. The Morgan fingerprint density at radius 3 is 2.45 bits per heavy atom. The first-order valence-corrected chi connectivity index (χ1v) is 11.5. The average Bonchev–Trinajstić information content (AvgIpc) is 2.81. The first-order chi connectivity index (χ1) is 16.0. The summed E-state index contributed by atoms with van der Waals surface area (Å²) >= 11 is 0. The molecule has 1 aliphatic rings. The smallest absolute Gasteiger partial charge is 0.132 e. The molecule has 0 amide bonds. The minimum atomic E-state index is -0.547. The van der Waals surface area contributed by atoms with E-state index in [9.17, 15) is 0 Å². The lowest BCUT2D eigenvalue weighted by atomic mass is 9.87. The Hall–Kier alpha value is -3.08. The van der Waals surface area contributed by atoms with E-state index < -0.39 is 5.60 Å². The van der Waals surface area contributed by atoms with E-state index in [-0.39, 0.29) is 12.2 Å². The van der Waals surface area contributed by atoms with Crippen LogP contribution in [0, 0.1) is 6.92 Å². The Kier molecular flexibility index (Phi) is 7.17. The Bertz CT molecular complexity index is 1060. The van der Waals surface area contributed by atoms with Gasteiger partial charge in [-0.1, -0.05) is 66.2 Å². The van der Waals surface area contributed by atoms with Gasteiger partial charge >= 0.3 is 0 Å². The standard InChI is InChI=1S/C29H33NO3/c1-5-17-31-28-27(32-20-23-9-7-6-8-10-23)25-18-24(15-16-26(25)33-29(28,3)4)30-19-22-13-11-21(2)12-14-22/h5-16,18,27-28,30H,1,17,19-20H2,2-4H3. The van der Waals surface area contributed by atoms with Crippen molar-refractivity contribution in [2.24, 2.45) is 0 Å². The number of rotatable bonds is 9. The molecule has 172 valence electrons. The van der Waals surface area contributed by atoms with Crippen LogP contribution < -0.4 is 10.1 Å². The predicted molar refractivity (Wildman–Crippen MR) is 134 cm³/mol. The molecule has 0 radical (unpaired) electrons. The summed E-state index contributed by atoms with van der Waals surface area (Å²) in [5.41, 5.74) is 5.09. The largest absolute Gasteiger partial charge is 0.485 e. The molecule has 0 saturated carbocycles. The Morgan fingerprint density at radius 2 is 1.73 bits per heavy atom. The summed E-state index contributed by atoms with van der Waals surface area (Å²) in [5.74, 6) is 0.831. The van der Waals surface area contributed by atoms with Crippen molar-refractivity contribution >= 4 is 5.69 Å². The summed E-state index contributed by atoms with van der Waals surface area (Å²) in [5, 5.41) is 3.54. The van der Waals surface area contributed by atoms with E-state index in [1.807, 2.05) is 38.1 Å². The van der Waals surface area contributed by atoms with Gasteiger partial charge in [0.15, 0.2) is 0 Å². The number of benzene rings is 3. The maximum atomic E-state index is 6.50. The van der Waals surface area contributed by atoms with E-state index in [0.717, 1.165) is 29.1 Å². The summed E-state index contributed by atoms with van der Waals surface area (Å²) in [7, 11) is 0. The highest BCUT2D eigenvalue weighted by molar-refractivity contribution is 5.54. The third-order valence-corrected chi connectivity index (χ3v) is 5.93. The fourth-order valence-corrected chi connectivity index (χ4v) is 4.15. The van der Waals surface area contributed by atoms with E-state index in [1.165, 1.54) is 11.1 Å². The van der Waals surface area contributed by atoms with Crippen LogP contribution in [-0.2, 0) is 22.6 Å². The third-order valence-electron chi connectivity index (χ3n) is 5.93. The molecule has 4 nitrogen and oxygen atoms in total. The zero-order chi connectivity index (χ0) is 23.3. The molecule has 1 aliphatic heterocycles. The molecule has 2 unspecified atom stereocenters. The lowest BCUT2D eigenvalue weighted by Crippen LogP contribution is -2.51. The van der Waals surface area contributed by atoms with Gasteiger partial charge in [-0.3, -0.25) is 0 Å². The molecule has 1 N–H and O–H groups in total. The maximum Gasteiger partial charge on any atom is 0.132 e. The number of aryl methyl sites for hydroxylation is 1. The van der Waals surface area contributed by atoms with E-state index in [0.29, 0.717) is 13.2 Å². The van der Waals surface area contributed by atoms with Crippen LogP contribution in [-0.4, -0.2) is 18.3 Å². The summed E-state index contributed by atoms with van der Waals surface area (Å²) in [6, 6.07) is 25.0. The van der Waals surface area contributed by atoms with Crippen LogP contribution >= 0.6 is 0 Å². The Balaban J connectivity index is 1.60. The normalized spacial score (nSPS) is 18.8. The lowest BCUT2D eigenvalue weighted by molar-refractivity contribution is -0.161. The van der Waals surface area contributed by atoms with Crippen molar-refractivity contribution in [3.8, 4) is 5.75 Å². The van der Waals surface area contributed by atoms with Crippen molar-refractivity contribution in [2.75, 3.05) is 11.9 Å². The van der Waals surface area contributed by atoms with Crippen LogP contribution in [0.25, 0.3) is 0 Å². The monoisotopic (exact) mass is 443 g/mol. The highest BCUT2D eigenvalue weighted by Crippen LogP contribution is 2.44. The fourth-order valence-electron chi connectivity index (χ4n) is 4.15. The molecule has 4 heteroatoms. The zero-order valence-electron chi connectivity index (χ0n) is 19.7. The van der Waals surface area contributed by atoms with Gasteiger partial charge in [-0.2, -0.15) is 0 Å². The van der Waals surface area contributed by atoms with Gasteiger partial charge in [-0.05, 0) is 50.1 Å². The number of anilines is 1. The minimum absolute atomic E-state index is 0.273. The van der Waals surface area contributed by atoms with Crippen molar-refractivity contribution in [3.63, 3.8) is 0 Å². The first-order valence-electron chi connectivity index (χ1n) is 11.5. The first kappa shape index (κ1) is 23.1. The Labute approximate surface area is 197 Å². The van der Waals surface area contributed by atoms with E-state index in [1.54, 1.807) is 6.08 Å². The molecule has 33 heavy (non-hydrogen) atoms. The molecule has 0 saturated heterocycles. The molecular formula is C29H33NO3. The second-order valence-electron chi connectivity index (χ2n) is 9.06. The van der Waals surface area contributed by atoms with Crippen molar-refractivity contribution in [1.29, 1.82) is 0 Å². The second-order valence-corrected chi connectivity index (χ2v) is 9.06. The molecule has 0 spiro atoms. The van der Waals surface area contributed by atoms with Gasteiger partial charge in [-0.25, -0.2) is 0 Å². The van der Waals surface area contributed by atoms with Gasteiger partial charge in [-0.15, -0.1) is 6.58 Å². The third kappa shape index (κ3) is 5.65. The molecule has 1 heterocycles. The molecular weight excluding hydrogens is 410 g/mol. The summed E-state index contributed by atoms with van der Waals surface area (Å²) < 4.78 is 19.1. The molecule has 4 rings (SSSR count). The highest BCUT2D eigenvalue weighted by Gasteiger charge is 2.45. The van der Waals surface area contributed by atoms with Crippen LogP contribution in [0.2, 0.25) is 0 Å². The number of ether oxygens (including phenoxy) is 3. The average molecular weight is 444 g/mol. The maximum absolute atomic E-state index is 6.50.